The van der Waals surface area contributed by atoms with Crippen molar-refractivity contribution in [3.63, 3.8) is 0 Å². The number of likely N-dealkylation sites (tertiary alicyclic amines) is 1. The molecule has 0 radical (unpaired) electrons. The summed E-state index contributed by atoms with van der Waals surface area (Å²) < 4.78 is 15.4. The maximum atomic E-state index is 14.2. The van der Waals surface area contributed by atoms with E-state index in [0.717, 1.165) is 0 Å². The van der Waals surface area contributed by atoms with Crippen molar-refractivity contribution in [2.24, 2.45) is 0 Å². The Labute approximate surface area is 156 Å². The Hall–Kier alpha value is -3.03. The summed E-state index contributed by atoms with van der Waals surface area (Å²) in [4.78, 5) is 40.5. The maximum absolute atomic E-state index is 14.2. The van der Waals surface area contributed by atoms with Gasteiger partial charge in [0.2, 0.25) is 11.3 Å². The first-order chi connectivity index (χ1) is 12.8. The highest BCUT2D eigenvalue weighted by Crippen LogP contribution is 2.21. The Morgan fingerprint density at radius 1 is 1.26 bits per heavy atom. The minimum absolute atomic E-state index is 0.145. The van der Waals surface area contributed by atoms with Crippen LogP contribution in [0.2, 0.25) is 0 Å². The Bertz CT molecular complexity index is 954. The number of likely N-dealkylation sites (N-methyl/N-ethyl adjacent to an activating group) is 1. The van der Waals surface area contributed by atoms with Gasteiger partial charge in [0, 0.05) is 32.4 Å². The second kappa shape index (κ2) is 7.30. The van der Waals surface area contributed by atoms with Crippen molar-refractivity contribution in [3.8, 4) is 5.69 Å². The molecule has 0 N–H and O–H groups in total. The fraction of sp³-hybridized carbons (Fsp3) is 0.368. The van der Waals surface area contributed by atoms with Gasteiger partial charge in [0.05, 0.1) is 0 Å². The van der Waals surface area contributed by atoms with Gasteiger partial charge in [-0.05, 0) is 31.9 Å². The van der Waals surface area contributed by atoms with Gasteiger partial charge in [-0.2, -0.15) is 5.10 Å². The van der Waals surface area contributed by atoms with Crippen LogP contribution in [0.5, 0.6) is 0 Å². The molecule has 1 fully saturated rings. The lowest BCUT2D eigenvalue weighted by molar-refractivity contribution is -0.132. The average molecular weight is 372 g/mol. The first-order valence-electron chi connectivity index (χ1n) is 8.69. The highest BCUT2D eigenvalue weighted by atomic mass is 19.1. The van der Waals surface area contributed by atoms with E-state index in [1.165, 1.54) is 32.7 Å². The standard InChI is InChI=1S/C19H21FN4O3/c1-12-11-16(25)17(21-24(12)14-8-5-4-7-13(14)20)19(27)23-10-6-9-15(23)18(26)22(2)3/h4-5,7-8,11,15H,6,9-10H2,1-3H3. The third kappa shape index (κ3) is 3.47. The van der Waals surface area contributed by atoms with Crippen molar-refractivity contribution in [1.82, 2.24) is 19.6 Å². The number of carbonyl (C=O) groups is 2. The first kappa shape index (κ1) is 18.8. The lowest BCUT2D eigenvalue weighted by Gasteiger charge is -2.26. The van der Waals surface area contributed by atoms with Crippen LogP contribution >= 0.6 is 0 Å². The van der Waals surface area contributed by atoms with Crippen LogP contribution < -0.4 is 5.43 Å². The summed E-state index contributed by atoms with van der Waals surface area (Å²) in [5.41, 5.74) is -0.314. The summed E-state index contributed by atoms with van der Waals surface area (Å²) >= 11 is 0. The van der Waals surface area contributed by atoms with Crippen molar-refractivity contribution in [2.75, 3.05) is 20.6 Å². The Morgan fingerprint density at radius 2 is 1.96 bits per heavy atom. The molecule has 1 aliphatic rings. The number of para-hydroxylation sites is 1. The van der Waals surface area contributed by atoms with E-state index in [1.807, 2.05) is 0 Å². The van der Waals surface area contributed by atoms with Crippen LogP contribution in [0.4, 0.5) is 4.39 Å². The van der Waals surface area contributed by atoms with Gasteiger partial charge in [0.1, 0.15) is 17.5 Å². The summed E-state index contributed by atoms with van der Waals surface area (Å²) in [6.45, 7) is 1.99. The third-order valence-electron chi connectivity index (χ3n) is 4.63. The molecule has 1 aliphatic heterocycles. The molecule has 8 heteroatoms. The predicted octanol–water partition coefficient (Wildman–Crippen LogP) is 1.37. The molecule has 27 heavy (non-hydrogen) atoms. The molecule has 2 heterocycles. The molecule has 0 spiro atoms. The van der Waals surface area contributed by atoms with Gasteiger partial charge in [0.15, 0.2) is 5.69 Å². The van der Waals surface area contributed by atoms with Gasteiger partial charge < -0.3 is 9.80 Å². The van der Waals surface area contributed by atoms with Gasteiger partial charge in [-0.25, -0.2) is 9.07 Å². The zero-order valence-electron chi connectivity index (χ0n) is 15.5. The molecule has 7 nitrogen and oxygen atoms in total. The number of carbonyl (C=O) groups excluding carboxylic acids is 2. The molecule has 1 atom stereocenters. The van der Waals surface area contributed by atoms with Gasteiger partial charge in [-0.15, -0.1) is 0 Å². The molecule has 142 valence electrons. The first-order valence-corrected chi connectivity index (χ1v) is 8.69. The van der Waals surface area contributed by atoms with Crippen LogP contribution in [0.25, 0.3) is 5.69 Å². The van der Waals surface area contributed by atoms with E-state index in [2.05, 4.69) is 5.10 Å². The molecule has 1 aromatic carbocycles. The number of amides is 2. The summed E-state index contributed by atoms with van der Waals surface area (Å²) in [6, 6.07) is 6.63. The molecular formula is C19H21FN4O3. The molecule has 1 unspecified atom stereocenters. The summed E-state index contributed by atoms with van der Waals surface area (Å²) in [5, 5.41) is 4.13. The summed E-state index contributed by atoms with van der Waals surface area (Å²) in [5.74, 6) is -1.32. The third-order valence-corrected chi connectivity index (χ3v) is 4.63. The van der Waals surface area contributed by atoms with Crippen molar-refractivity contribution in [2.45, 2.75) is 25.8 Å². The van der Waals surface area contributed by atoms with Crippen LogP contribution in [0.15, 0.2) is 35.1 Å². The van der Waals surface area contributed by atoms with E-state index >= 15 is 0 Å². The van der Waals surface area contributed by atoms with E-state index < -0.39 is 23.2 Å². The number of aromatic nitrogens is 2. The van der Waals surface area contributed by atoms with E-state index in [9.17, 15) is 18.8 Å². The van der Waals surface area contributed by atoms with Gasteiger partial charge in [-0.1, -0.05) is 12.1 Å². The number of aryl methyl sites for hydroxylation is 1. The van der Waals surface area contributed by atoms with Crippen LogP contribution in [-0.2, 0) is 4.79 Å². The second-order valence-corrected chi connectivity index (χ2v) is 6.75. The van der Waals surface area contributed by atoms with Crippen LogP contribution in [0.1, 0.15) is 29.0 Å². The minimum Gasteiger partial charge on any atom is -0.347 e. The Balaban J connectivity index is 2.03. The van der Waals surface area contributed by atoms with Crippen LogP contribution in [0.3, 0.4) is 0 Å². The molecule has 2 aromatic rings. The van der Waals surface area contributed by atoms with E-state index in [4.69, 9.17) is 0 Å². The van der Waals surface area contributed by atoms with Gasteiger partial charge >= 0.3 is 0 Å². The van der Waals surface area contributed by atoms with Gasteiger partial charge in [-0.3, -0.25) is 14.4 Å². The molecule has 1 aromatic heterocycles. The highest BCUT2D eigenvalue weighted by molar-refractivity contribution is 5.96. The normalized spacial score (nSPS) is 16.4. The van der Waals surface area contributed by atoms with Crippen molar-refractivity contribution >= 4 is 11.8 Å². The zero-order chi connectivity index (χ0) is 19.7. The molecule has 2 amide bonds. The van der Waals surface area contributed by atoms with Crippen LogP contribution in [0, 0.1) is 12.7 Å². The molecular weight excluding hydrogens is 351 g/mol. The van der Waals surface area contributed by atoms with Crippen molar-refractivity contribution in [3.05, 3.63) is 57.8 Å². The Kier molecular flexibility index (Phi) is 5.07. The largest absolute Gasteiger partial charge is 0.347 e. The van der Waals surface area contributed by atoms with E-state index in [1.54, 1.807) is 33.2 Å². The average Bonchev–Trinajstić information content (AvgIpc) is 3.11. The summed E-state index contributed by atoms with van der Waals surface area (Å²) in [7, 11) is 3.25. The smallest absolute Gasteiger partial charge is 0.279 e. The number of benzene rings is 1. The van der Waals surface area contributed by atoms with E-state index in [-0.39, 0.29) is 17.3 Å². The van der Waals surface area contributed by atoms with Crippen molar-refractivity contribution < 1.29 is 14.0 Å². The van der Waals surface area contributed by atoms with Crippen LogP contribution in [-0.4, -0.2) is 58.1 Å². The monoisotopic (exact) mass is 372 g/mol. The zero-order valence-corrected chi connectivity index (χ0v) is 15.5. The number of nitrogens with zero attached hydrogens (tertiary/aromatic N) is 4. The number of rotatable bonds is 3. The van der Waals surface area contributed by atoms with Gasteiger partial charge in [0.25, 0.3) is 5.91 Å². The quantitative estimate of drug-likeness (QED) is 0.816. The lowest BCUT2D eigenvalue weighted by Crippen LogP contribution is -2.47. The highest BCUT2D eigenvalue weighted by Gasteiger charge is 2.37. The SMILES string of the molecule is Cc1cc(=O)c(C(=O)N2CCCC2C(=O)N(C)C)nn1-c1ccccc1F. The predicted molar refractivity (Wildman–Crippen MR) is 97.3 cm³/mol. The maximum Gasteiger partial charge on any atom is 0.279 e. The molecule has 1 saturated heterocycles. The molecule has 3 rings (SSSR count). The van der Waals surface area contributed by atoms with E-state index in [0.29, 0.717) is 25.1 Å². The Morgan fingerprint density at radius 3 is 2.63 bits per heavy atom. The molecule has 0 saturated carbocycles. The molecule has 0 bridgehead atoms. The van der Waals surface area contributed by atoms with Crippen molar-refractivity contribution in [1.29, 1.82) is 0 Å². The second-order valence-electron chi connectivity index (χ2n) is 6.75. The molecule has 0 aliphatic carbocycles. The topological polar surface area (TPSA) is 75.5 Å². The summed E-state index contributed by atoms with van der Waals surface area (Å²) in [6.07, 6.45) is 1.21. The fourth-order valence-corrected chi connectivity index (χ4v) is 3.26. The number of halogens is 1. The number of hydrogen-bond acceptors (Lipinski definition) is 4. The lowest BCUT2D eigenvalue weighted by atomic mass is 10.2. The number of hydrogen-bond donors (Lipinski definition) is 0. The fourth-order valence-electron chi connectivity index (χ4n) is 3.26. The minimum atomic E-state index is -0.614.